The third-order valence-corrected chi connectivity index (χ3v) is 3.06. The number of nitrogens with one attached hydrogen (secondary N) is 1. The topological polar surface area (TPSA) is 24.4 Å². The first-order chi connectivity index (χ1) is 8.25. The van der Waals surface area contributed by atoms with Crippen LogP contribution in [0.5, 0.6) is 0 Å². The van der Waals surface area contributed by atoms with Crippen LogP contribution in [0, 0.1) is 0 Å². The molecular formula is C15H22N2. The number of anilines is 1. The molecule has 0 aromatic heterocycles. The fourth-order valence-corrected chi connectivity index (χ4v) is 2.25. The molecule has 1 N–H and O–H groups in total. The average molecular weight is 230 g/mol. The Morgan fingerprint density at radius 3 is 2.47 bits per heavy atom. The predicted octanol–water partition coefficient (Wildman–Crippen LogP) is 4.54. The Bertz CT molecular complexity index is 386. The van der Waals surface area contributed by atoms with Crippen LogP contribution < -0.4 is 5.32 Å². The first-order valence-corrected chi connectivity index (χ1v) is 6.68. The first kappa shape index (κ1) is 12.2. The van der Waals surface area contributed by atoms with Crippen LogP contribution in [0.2, 0.25) is 0 Å². The second kappa shape index (κ2) is 5.85. The van der Waals surface area contributed by atoms with Gasteiger partial charge in [0.05, 0.1) is 11.4 Å². The van der Waals surface area contributed by atoms with Crippen molar-refractivity contribution in [2.45, 2.75) is 52.0 Å². The summed E-state index contributed by atoms with van der Waals surface area (Å²) in [6.07, 6.45) is 6.33. The zero-order valence-electron chi connectivity index (χ0n) is 10.9. The summed E-state index contributed by atoms with van der Waals surface area (Å²) < 4.78 is 0. The summed E-state index contributed by atoms with van der Waals surface area (Å²) in [6.45, 7) is 4.31. The highest BCUT2D eigenvalue weighted by Crippen LogP contribution is 2.27. The SMILES string of the molecule is CC(C)Nc1ccccc1N=C1CCCCC1. The molecule has 1 aliphatic carbocycles. The Hall–Kier alpha value is -1.31. The van der Waals surface area contributed by atoms with Crippen molar-refractivity contribution in [1.29, 1.82) is 0 Å². The van der Waals surface area contributed by atoms with Crippen molar-refractivity contribution in [2.24, 2.45) is 4.99 Å². The van der Waals surface area contributed by atoms with E-state index in [1.807, 2.05) is 0 Å². The lowest BCUT2D eigenvalue weighted by Gasteiger charge is -2.15. The highest BCUT2D eigenvalue weighted by Gasteiger charge is 2.08. The van der Waals surface area contributed by atoms with Gasteiger partial charge >= 0.3 is 0 Å². The van der Waals surface area contributed by atoms with Crippen molar-refractivity contribution >= 4 is 17.1 Å². The van der Waals surface area contributed by atoms with Crippen LogP contribution in [-0.2, 0) is 0 Å². The summed E-state index contributed by atoms with van der Waals surface area (Å²) in [4.78, 5) is 4.83. The van der Waals surface area contributed by atoms with Gasteiger partial charge in [0.2, 0.25) is 0 Å². The lowest BCUT2D eigenvalue weighted by Crippen LogP contribution is -2.10. The zero-order chi connectivity index (χ0) is 12.1. The molecule has 1 fully saturated rings. The first-order valence-electron chi connectivity index (χ1n) is 6.68. The van der Waals surface area contributed by atoms with Crippen LogP contribution >= 0.6 is 0 Å². The smallest absolute Gasteiger partial charge is 0.0860 e. The number of rotatable bonds is 3. The number of aliphatic imine (C=N–C) groups is 1. The van der Waals surface area contributed by atoms with Gasteiger partial charge in [-0.3, -0.25) is 4.99 Å². The van der Waals surface area contributed by atoms with Gasteiger partial charge in [0, 0.05) is 11.8 Å². The Morgan fingerprint density at radius 1 is 1.06 bits per heavy atom. The molecular weight excluding hydrogens is 208 g/mol. The quantitative estimate of drug-likeness (QED) is 0.809. The molecule has 2 heteroatoms. The third kappa shape index (κ3) is 3.58. The highest BCUT2D eigenvalue weighted by molar-refractivity contribution is 5.89. The number of nitrogens with zero attached hydrogens (tertiary/aromatic N) is 1. The molecule has 0 heterocycles. The predicted molar refractivity (Wildman–Crippen MR) is 75.4 cm³/mol. The van der Waals surface area contributed by atoms with Crippen LogP contribution in [0.4, 0.5) is 11.4 Å². The van der Waals surface area contributed by atoms with E-state index >= 15 is 0 Å². The van der Waals surface area contributed by atoms with Gasteiger partial charge < -0.3 is 5.32 Å². The number of para-hydroxylation sites is 2. The lowest BCUT2D eigenvalue weighted by atomic mass is 9.98. The van der Waals surface area contributed by atoms with E-state index in [2.05, 4.69) is 43.4 Å². The minimum atomic E-state index is 0.447. The maximum absolute atomic E-state index is 4.83. The van der Waals surface area contributed by atoms with Crippen molar-refractivity contribution in [1.82, 2.24) is 0 Å². The number of hydrogen-bond donors (Lipinski definition) is 1. The monoisotopic (exact) mass is 230 g/mol. The molecule has 1 aromatic carbocycles. The van der Waals surface area contributed by atoms with E-state index in [0.717, 1.165) is 11.4 Å². The Balaban J connectivity index is 2.18. The molecule has 0 radical (unpaired) electrons. The zero-order valence-corrected chi connectivity index (χ0v) is 10.9. The minimum Gasteiger partial charge on any atom is -0.381 e. The largest absolute Gasteiger partial charge is 0.381 e. The van der Waals surface area contributed by atoms with Gasteiger partial charge in [0.15, 0.2) is 0 Å². The fourth-order valence-electron chi connectivity index (χ4n) is 2.25. The van der Waals surface area contributed by atoms with E-state index in [9.17, 15) is 0 Å². The van der Waals surface area contributed by atoms with Gasteiger partial charge in [-0.05, 0) is 51.7 Å². The molecule has 17 heavy (non-hydrogen) atoms. The molecule has 0 aliphatic heterocycles. The van der Waals surface area contributed by atoms with E-state index < -0.39 is 0 Å². The van der Waals surface area contributed by atoms with Crippen LogP contribution in [0.25, 0.3) is 0 Å². The summed E-state index contributed by atoms with van der Waals surface area (Å²) in [5.74, 6) is 0. The number of hydrogen-bond acceptors (Lipinski definition) is 2. The Kier molecular flexibility index (Phi) is 4.18. The maximum atomic E-state index is 4.83. The van der Waals surface area contributed by atoms with Crippen molar-refractivity contribution < 1.29 is 0 Å². The van der Waals surface area contributed by atoms with Gasteiger partial charge in [-0.25, -0.2) is 0 Å². The average Bonchev–Trinajstić information content (AvgIpc) is 2.32. The molecule has 0 unspecified atom stereocenters. The van der Waals surface area contributed by atoms with Crippen molar-refractivity contribution in [3.8, 4) is 0 Å². The third-order valence-electron chi connectivity index (χ3n) is 3.06. The summed E-state index contributed by atoms with van der Waals surface area (Å²) in [7, 11) is 0. The highest BCUT2D eigenvalue weighted by atomic mass is 14.9. The van der Waals surface area contributed by atoms with Crippen molar-refractivity contribution in [2.75, 3.05) is 5.32 Å². The van der Waals surface area contributed by atoms with Gasteiger partial charge in [-0.2, -0.15) is 0 Å². The summed E-state index contributed by atoms with van der Waals surface area (Å²) in [5, 5.41) is 3.46. The molecule has 0 spiro atoms. The van der Waals surface area contributed by atoms with Crippen LogP contribution in [0.15, 0.2) is 29.3 Å². The molecule has 1 aromatic rings. The molecule has 0 atom stereocenters. The lowest BCUT2D eigenvalue weighted by molar-refractivity contribution is 0.667. The normalized spacial score (nSPS) is 16.1. The van der Waals surface area contributed by atoms with Crippen LogP contribution in [0.1, 0.15) is 46.0 Å². The van der Waals surface area contributed by atoms with Crippen LogP contribution in [-0.4, -0.2) is 11.8 Å². The van der Waals surface area contributed by atoms with E-state index in [-0.39, 0.29) is 0 Å². The maximum Gasteiger partial charge on any atom is 0.0860 e. The van der Waals surface area contributed by atoms with E-state index in [0.29, 0.717) is 6.04 Å². The van der Waals surface area contributed by atoms with Gasteiger partial charge in [0.25, 0.3) is 0 Å². The molecule has 2 nitrogen and oxygen atoms in total. The van der Waals surface area contributed by atoms with Crippen LogP contribution in [0.3, 0.4) is 0 Å². The molecule has 2 rings (SSSR count). The molecule has 0 bridgehead atoms. The molecule has 0 saturated heterocycles. The summed E-state index contributed by atoms with van der Waals surface area (Å²) >= 11 is 0. The van der Waals surface area contributed by atoms with E-state index in [1.165, 1.54) is 37.8 Å². The van der Waals surface area contributed by atoms with E-state index in [4.69, 9.17) is 4.99 Å². The molecule has 1 aliphatic rings. The van der Waals surface area contributed by atoms with Gasteiger partial charge in [-0.1, -0.05) is 18.6 Å². The van der Waals surface area contributed by atoms with Crippen molar-refractivity contribution in [3.63, 3.8) is 0 Å². The Morgan fingerprint density at radius 2 is 1.76 bits per heavy atom. The van der Waals surface area contributed by atoms with Gasteiger partial charge in [-0.15, -0.1) is 0 Å². The Labute approximate surface area is 104 Å². The van der Waals surface area contributed by atoms with Gasteiger partial charge in [0.1, 0.15) is 0 Å². The fraction of sp³-hybridized carbons (Fsp3) is 0.533. The number of benzene rings is 1. The van der Waals surface area contributed by atoms with E-state index in [1.54, 1.807) is 0 Å². The standard InChI is InChI=1S/C15H22N2/c1-12(2)16-14-10-6-7-11-15(14)17-13-8-4-3-5-9-13/h6-7,10-12,16H,3-5,8-9H2,1-2H3. The second-order valence-electron chi connectivity index (χ2n) is 5.05. The van der Waals surface area contributed by atoms with Crippen molar-refractivity contribution in [3.05, 3.63) is 24.3 Å². The molecule has 0 amide bonds. The minimum absolute atomic E-state index is 0.447. The second-order valence-corrected chi connectivity index (χ2v) is 5.05. The molecule has 92 valence electrons. The molecule has 1 saturated carbocycles. The summed E-state index contributed by atoms with van der Waals surface area (Å²) in [5.41, 5.74) is 3.62. The summed E-state index contributed by atoms with van der Waals surface area (Å²) in [6, 6.07) is 8.79.